The zero-order valence-corrected chi connectivity index (χ0v) is 11.9. The number of carbonyl (C=O) groups excluding carboxylic acids is 2. The Balaban J connectivity index is 4.21. The summed E-state index contributed by atoms with van der Waals surface area (Å²) in [6.07, 6.45) is 1.93. The van der Waals surface area contributed by atoms with E-state index in [2.05, 4.69) is 10.6 Å². The molecule has 0 saturated heterocycles. The molecule has 0 bridgehead atoms. The maximum Gasteiger partial charge on any atom is 0.329 e. The summed E-state index contributed by atoms with van der Waals surface area (Å²) in [7, 11) is 0. The summed E-state index contributed by atoms with van der Waals surface area (Å²) in [6, 6.07) is 0. The van der Waals surface area contributed by atoms with Crippen LogP contribution in [0.3, 0.4) is 0 Å². The summed E-state index contributed by atoms with van der Waals surface area (Å²) in [4.78, 5) is 34.1. The minimum Gasteiger partial charge on any atom is -0.480 e. The second-order valence-electron chi connectivity index (χ2n) is 4.79. The van der Waals surface area contributed by atoms with Crippen molar-refractivity contribution in [1.82, 2.24) is 10.6 Å². The van der Waals surface area contributed by atoms with Gasteiger partial charge in [-0.2, -0.15) is 0 Å². The highest BCUT2D eigenvalue weighted by Crippen LogP contribution is 2.13. The molecule has 0 heterocycles. The van der Waals surface area contributed by atoms with E-state index < -0.39 is 17.4 Å². The van der Waals surface area contributed by atoms with E-state index in [1.165, 1.54) is 6.92 Å². The van der Waals surface area contributed by atoms with Gasteiger partial charge in [0.2, 0.25) is 11.8 Å². The van der Waals surface area contributed by atoms with Crippen LogP contribution in [0, 0.1) is 0 Å². The van der Waals surface area contributed by atoms with Gasteiger partial charge in [-0.05, 0) is 19.8 Å². The van der Waals surface area contributed by atoms with Crippen LogP contribution in [-0.2, 0) is 14.4 Å². The van der Waals surface area contributed by atoms with Crippen LogP contribution in [0.2, 0.25) is 0 Å². The van der Waals surface area contributed by atoms with Crippen molar-refractivity contribution >= 4 is 17.8 Å². The van der Waals surface area contributed by atoms with E-state index in [0.29, 0.717) is 19.4 Å². The first-order valence-electron chi connectivity index (χ1n) is 6.66. The van der Waals surface area contributed by atoms with E-state index in [-0.39, 0.29) is 18.7 Å². The molecule has 0 saturated carbocycles. The van der Waals surface area contributed by atoms with Crippen LogP contribution in [0.15, 0.2) is 0 Å². The average molecular weight is 272 g/mol. The molecule has 0 aromatic carbocycles. The van der Waals surface area contributed by atoms with Crippen molar-refractivity contribution in [3.63, 3.8) is 0 Å². The fourth-order valence-electron chi connectivity index (χ4n) is 1.67. The van der Waals surface area contributed by atoms with Crippen molar-refractivity contribution in [3.05, 3.63) is 0 Å². The van der Waals surface area contributed by atoms with Gasteiger partial charge in [0.05, 0.1) is 0 Å². The summed E-state index contributed by atoms with van der Waals surface area (Å²) in [6.45, 7) is 5.86. The van der Waals surface area contributed by atoms with Gasteiger partial charge in [-0.3, -0.25) is 9.59 Å². The van der Waals surface area contributed by atoms with Gasteiger partial charge in [0, 0.05) is 19.4 Å². The number of aliphatic carboxylic acids is 1. The number of nitrogens with one attached hydrogen (secondary N) is 2. The molecule has 0 aromatic rings. The lowest BCUT2D eigenvalue weighted by molar-refractivity contribution is -0.147. The van der Waals surface area contributed by atoms with Gasteiger partial charge in [0.15, 0.2) is 0 Å². The van der Waals surface area contributed by atoms with Gasteiger partial charge >= 0.3 is 5.97 Å². The van der Waals surface area contributed by atoms with Crippen LogP contribution >= 0.6 is 0 Å². The fourth-order valence-corrected chi connectivity index (χ4v) is 1.67. The minimum absolute atomic E-state index is 0.00211. The Hall–Kier alpha value is -1.59. The minimum atomic E-state index is -1.26. The molecule has 0 rings (SSSR count). The standard InChI is InChI=1S/C13H24N2O4/c1-4-8-13(3,12(18)19)15-11(17)7-6-10(16)14-9-5-2/h4-9H2,1-3H3,(H,14,16)(H,15,17)(H,18,19). The highest BCUT2D eigenvalue weighted by atomic mass is 16.4. The number of rotatable bonds is 9. The van der Waals surface area contributed by atoms with E-state index in [1.54, 1.807) is 0 Å². The van der Waals surface area contributed by atoms with Crippen LogP contribution in [0.25, 0.3) is 0 Å². The van der Waals surface area contributed by atoms with Gasteiger partial charge in [-0.15, -0.1) is 0 Å². The highest BCUT2D eigenvalue weighted by molar-refractivity contribution is 5.88. The molecule has 2 amide bonds. The predicted octanol–water partition coefficient (Wildman–Crippen LogP) is 1.05. The summed E-state index contributed by atoms with van der Waals surface area (Å²) in [5, 5.41) is 14.3. The lowest BCUT2D eigenvalue weighted by Crippen LogP contribution is -2.52. The summed E-state index contributed by atoms with van der Waals surface area (Å²) in [5.41, 5.74) is -1.26. The van der Waals surface area contributed by atoms with Crippen molar-refractivity contribution in [3.8, 4) is 0 Å². The Morgan fingerprint density at radius 1 is 1.05 bits per heavy atom. The first-order chi connectivity index (χ1) is 8.85. The van der Waals surface area contributed by atoms with Gasteiger partial charge in [-0.1, -0.05) is 20.3 Å². The quantitative estimate of drug-likeness (QED) is 0.584. The fraction of sp³-hybridized carbons (Fsp3) is 0.769. The molecule has 6 heteroatoms. The lowest BCUT2D eigenvalue weighted by atomic mass is 9.96. The SMILES string of the molecule is CCCNC(=O)CCC(=O)NC(C)(CCC)C(=O)O. The molecule has 0 fully saturated rings. The smallest absolute Gasteiger partial charge is 0.329 e. The van der Waals surface area contributed by atoms with Crippen molar-refractivity contribution in [1.29, 1.82) is 0 Å². The number of carboxylic acids is 1. The molecule has 3 N–H and O–H groups in total. The molecular formula is C13H24N2O4. The molecule has 1 unspecified atom stereocenters. The summed E-state index contributed by atoms with van der Waals surface area (Å²) >= 11 is 0. The zero-order valence-electron chi connectivity index (χ0n) is 11.9. The second-order valence-corrected chi connectivity index (χ2v) is 4.79. The molecule has 0 aromatic heterocycles. The van der Waals surface area contributed by atoms with Crippen LogP contribution in [-0.4, -0.2) is 35.0 Å². The largest absolute Gasteiger partial charge is 0.480 e. The Morgan fingerprint density at radius 2 is 1.63 bits per heavy atom. The number of carboxylic acid groups (broad SMARTS) is 1. The first kappa shape index (κ1) is 17.4. The number of amides is 2. The van der Waals surface area contributed by atoms with E-state index >= 15 is 0 Å². The monoisotopic (exact) mass is 272 g/mol. The Morgan fingerprint density at radius 3 is 2.11 bits per heavy atom. The van der Waals surface area contributed by atoms with Gasteiger partial charge in [-0.25, -0.2) is 4.79 Å². The van der Waals surface area contributed by atoms with Crippen molar-refractivity contribution in [2.75, 3.05) is 6.54 Å². The topological polar surface area (TPSA) is 95.5 Å². The molecule has 110 valence electrons. The zero-order chi connectivity index (χ0) is 14.9. The lowest BCUT2D eigenvalue weighted by Gasteiger charge is -2.25. The Bertz CT molecular complexity index is 331. The summed E-state index contributed by atoms with van der Waals surface area (Å²) in [5.74, 6) is -1.66. The van der Waals surface area contributed by atoms with E-state index in [9.17, 15) is 14.4 Å². The second kappa shape index (κ2) is 8.50. The van der Waals surface area contributed by atoms with Crippen molar-refractivity contribution < 1.29 is 19.5 Å². The van der Waals surface area contributed by atoms with E-state index in [1.807, 2.05) is 13.8 Å². The molecule has 1 atom stereocenters. The van der Waals surface area contributed by atoms with Crippen LogP contribution < -0.4 is 10.6 Å². The molecule has 0 spiro atoms. The normalized spacial score (nSPS) is 13.4. The number of carbonyl (C=O) groups is 3. The molecular weight excluding hydrogens is 248 g/mol. The third-order valence-corrected chi connectivity index (χ3v) is 2.79. The highest BCUT2D eigenvalue weighted by Gasteiger charge is 2.33. The molecule has 6 nitrogen and oxygen atoms in total. The van der Waals surface area contributed by atoms with E-state index in [4.69, 9.17) is 5.11 Å². The van der Waals surface area contributed by atoms with Crippen molar-refractivity contribution in [2.45, 2.75) is 58.4 Å². The van der Waals surface area contributed by atoms with Crippen LogP contribution in [0.1, 0.15) is 52.9 Å². The Labute approximate surface area is 113 Å². The third-order valence-electron chi connectivity index (χ3n) is 2.79. The van der Waals surface area contributed by atoms with Crippen LogP contribution in [0.4, 0.5) is 0 Å². The van der Waals surface area contributed by atoms with Crippen LogP contribution in [0.5, 0.6) is 0 Å². The Kier molecular flexibility index (Phi) is 7.79. The predicted molar refractivity (Wildman–Crippen MR) is 71.6 cm³/mol. The number of hydrogen-bond acceptors (Lipinski definition) is 3. The maximum absolute atomic E-state index is 11.7. The average Bonchev–Trinajstić information content (AvgIpc) is 2.33. The molecule has 0 radical (unpaired) electrons. The third kappa shape index (κ3) is 6.79. The number of hydrogen-bond donors (Lipinski definition) is 3. The molecule has 0 aliphatic rings. The molecule has 0 aliphatic carbocycles. The molecule has 0 aliphatic heterocycles. The van der Waals surface area contributed by atoms with Gasteiger partial charge in [0.1, 0.15) is 5.54 Å². The maximum atomic E-state index is 11.7. The van der Waals surface area contributed by atoms with Gasteiger partial charge in [0.25, 0.3) is 0 Å². The molecule has 19 heavy (non-hydrogen) atoms. The van der Waals surface area contributed by atoms with E-state index in [0.717, 1.165) is 6.42 Å². The van der Waals surface area contributed by atoms with Gasteiger partial charge < -0.3 is 15.7 Å². The first-order valence-corrected chi connectivity index (χ1v) is 6.66. The summed E-state index contributed by atoms with van der Waals surface area (Å²) < 4.78 is 0. The van der Waals surface area contributed by atoms with Crippen molar-refractivity contribution in [2.24, 2.45) is 0 Å².